The predicted octanol–water partition coefficient (Wildman–Crippen LogP) is 2.01. The molecular formula is C11H18N2O3S3. The standard InChI is InChI=1S/C11H18N2O3S3/c1-11(2,3)18(14)13-7-5-6-9-8-12-10(17-9)19(4,15)16/h7-8H,5-6H2,1-4H3/b13-7-. The van der Waals surface area contributed by atoms with Gasteiger partial charge in [-0.3, -0.25) is 0 Å². The normalized spacial score (nSPS) is 15.0. The SMILES string of the molecule is CC(C)(C)[S+]([O-])/N=C\CCc1cnc(S(C)(=O)=O)s1. The van der Waals surface area contributed by atoms with Crippen LogP contribution in [0.3, 0.4) is 0 Å². The molecule has 0 amide bonds. The Morgan fingerprint density at radius 1 is 1.53 bits per heavy atom. The minimum atomic E-state index is -3.22. The highest BCUT2D eigenvalue weighted by molar-refractivity contribution is 7.92. The molecule has 0 fully saturated rings. The van der Waals surface area contributed by atoms with Crippen molar-refractivity contribution < 1.29 is 13.0 Å². The third-order valence-electron chi connectivity index (χ3n) is 2.06. The minimum Gasteiger partial charge on any atom is -0.591 e. The van der Waals surface area contributed by atoms with Crippen LogP contribution >= 0.6 is 11.3 Å². The molecule has 0 saturated heterocycles. The van der Waals surface area contributed by atoms with Crippen LogP contribution in [0.2, 0.25) is 0 Å². The maximum Gasteiger partial charge on any atom is 0.209 e. The zero-order valence-electron chi connectivity index (χ0n) is 11.4. The molecule has 0 radical (unpaired) electrons. The van der Waals surface area contributed by atoms with E-state index >= 15 is 0 Å². The monoisotopic (exact) mass is 322 g/mol. The van der Waals surface area contributed by atoms with Crippen molar-refractivity contribution in [3.8, 4) is 0 Å². The van der Waals surface area contributed by atoms with Gasteiger partial charge in [-0.2, -0.15) is 0 Å². The van der Waals surface area contributed by atoms with Crippen LogP contribution in [-0.2, 0) is 27.6 Å². The zero-order valence-corrected chi connectivity index (χ0v) is 13.9. The van der Waals surface area contributed by atoms with Crippen molar-refractivity contribution in [1.29, 1.82) is 0 Å². The third-order valence-corrected chi connectivity index (χ3v) is 6.20. The van der Waals surface area contributed by atoms with Gasteiger partial charge < -0.3 is 4.55 Å². The van der Waals surface area contributed by atoms with Crippen LogP contribution in [0.4, 0.5) is 0 Å². The molecule has 0 aliphatic heterocycles. The van der Waals surface area contributed by atoms with Crippen LogP contribution in [0.1, 0.15) is 32.1 Å². The number of thiazole rings is 1. The molecule has 1 atom stereocenters. The van der Waals surface area contributed by atoms with Gasteiger partial charge in [0.15, 0.2) is 0 Å². The molecule has 1 heterocycles. The lowest BCUT2D eigenvalue weighted by Crippen LogP contribution is -2.25. The number of hydrogen-bond acceptors (Lipinski definition) is 6. The van der Waals surface area contributed by atoms with Crippen molar-refractivity contribution in [2.24, 2.45) is 4.40 Å². The summed E-state index contributed by atoms with van der Waals surface area (Å²) in [5, 5.41) is 0. The lowest BCUT2D eigenvalue weighted by atomic mass is 10.3. The van der Waals surface area contributed by atoms with Crippen LogP contribution in [0.5, 0.6) is 0 Å². The molecule has 19 heavy (non-hydrogen) atoms. The van der Waals surface area contributed by atoms with Gasteiger partial charge in [0.25, 0.3) is 0 Å². The first-order valence-corrected chi connectivity index (χ1v) is 9.51. The lowest BCUT2D eigenvalue weighted by Gasteiger charge is -2.17. The average Bonchev–Trinajstić information content (AvgIpc) is 2.70. The summed E-state index contributed by atoms with van der Waals surface area (Å²) in [6.45, 7) is 5.59. The predicted molar refractivity (Wildman–Crippen MR) is 79.9 cm³/mol. The van der Waals surface area contributed by atoms with E-state index in [9.17, 15) is 13.0 Å². The van der Waals surface area contributed by atoms with Crippen molar-refractivity contribution in [3.63, 3.8) is 0 Å². The summed E-state index contributed by atoms with van der Waals surface area (Å²) >= 11 is -0.0751. The van der Waals surface area contributed by atoms with Gasteiger partial charge in [-0.25, -0.2) is 13.4 Å². The largest absolute Gasteiger partial charge is 0.591 e. The Morgan fingerprint density at radius 3 is 2.63 bits per heavy atom. The number of nitrogens with zero attached hydrogens (tertiary/aromatic N) is 2. The summed E-state index contributed by atoms with van der Waals surface area (Å²) in [7, 11) is -3.22. The molecule has 108 valence electrons. The molecule has 8 heteroatoms. The maximum absolute atomic E-state index is 11.6. The van der Waals surface area contributed by atoms with Crippen molar-refractivity contribution in [2.75, 3.05) is 6.26 Å². The van der Waals surface area contributed by atoms with Crippen LogP contribution in [0.25, 0.3) is 0 Å². The van der Waals surface area contributed by atoms with E-state index in [0.717, 1.165) is 11.1 Å². The zero-order chi connectivity index (χ0) is 14.7. The second-order valence-electron chi connectivity index (χ2n) is 5.05. The van der Waals surface area contributed by atoms with Crippen molar-refractivity contribution in [3.05, 3.63) is 11.1 Å². The second kappa shape index (κ2) is 6.34. The van der Waals surface area contributed by atoms with E-state index in [4.69, 9.17) is 0 Å². The van der Waals surface area contributed by atoms with Crippen LogP contribution < -0.4 is 0 Å². The van der Waals surface area contributed by atoms with E-state index in [1.807, 2.05) is 20.8 Å². The summed E-state index contributed by atoms with van der Waals surface area (Å²) in [4.78, 5) is 4.75. The summed E-state index contributed by atoms with van der Waals surface area (Å²) in [6, 6.07) is 0. The molecule has 1 aromatic heterocycles. The first-order valence-electron chi connectivity index (χ1n) is 5.70. The van der Waals surface area contributed by atoms with Gasteiger partial charge in [0.1, 0.15) is 16.1 Å². The molecule has 0 N–H and O–H groups in total. The molecule has 0 bridgehead atoms. The fraction of sp³-hybridized carbons (Fsp3) is 0.636. The minimum absolute atomic E-state index is 0.137. The molecule has 0 aromatic carbocycles. The van der Waals surface area contributed by atoms with Crippen LogP contribution in [0.15, 0.2) is 14.9 Å². The van der Waals surface area contributed by atoms with E-state index < -0.39 is 21.2 Å². The third kappa shape index (κ3) is 5.60. The van der Waals surface area contributed by atoms with Gasteiger partial charge in [-0.05, 0) is 33.6 Å². The van der Waals surface area contributed by atoms with E-state index in [2.05, 4.69) is 9.38 Å². The lowest BCUT2D eigenvalue weighted by molar-refractivity contribution is 0.561. The number of rotatable bonds is 5. The Labute approximate surface area is 121 Å². The summed E-state index contributed by atoms with van der Waals surface area (Å²) < 4.78 is 37.9. The van der Waals surface area contributed by atoms with Crippen molar-refractivity contribution in [2.45, 2.75) is 42.7 Å². The van der Waals surface area contributed by atoms with Crippen LogP contribution in [-0.4, -0.2) is 35.2 Å². The van der Waals surface area contributed by atoms with Gasteiger partial charge in [0, 0.05) is 17.3 Å². The Bertz CT molecular complexity index is 544. The van der Waals surface area contributed by atoms with Gasteiger partial charge in [0.05, 0.1) is 6.21 Å². The smallest absolute Gasteiger partial charge is 0.209 e. The maximum atomic E-state index is 11.6. The molecular weight excluding hydrogens is 304 g/mol. The van der Waals surface area contributed by atoms with Crippen molar-refractivity contribution >= 4 is 38.8 Å². The van der Waals surface area contributed by atoms with Crippen LogP contribution in [0, 0.1) is 0 Å². The molecule has 1 rings (SSSR count). The highest BCUT2D eigenvalue weighted by Gasteiger charge is 2.25. The number of hydrogen-bond donors (Lipinski definition) is 0. The second-order valence-corrected chi connectivity index (χ2v) is 10.3. The van der Waals surface area contributed by atoms with Gasteiger partial charge in [-0.15, -0.1) is 11.3 Å². The number of aryl methyl sites for hydroxylation is 1. The highest BCUT2D eigenvalue weighted by atomic mass is 32.2. The van der Waals surface area contributed by atoms with Gasteiger partial charge >= 0.3 is 0 Å². The molecule has 0 aliphatic carbocycles. The molecule has 1 unspecified atom stereocenters. The fourth-order valence-electron chi connectivity index (χ4n) is 1.06. The molecule has 0 saturated carbocycles. The fourth-order valence-corrected chi connectivity index (χ4v) is 3.44. The molecule has 1 aromatic rings. The van der Waals surface area contributed by atoms with E-state index in [1.54, 1.807) is 12.4 Å². The molecule has 0 spiro atoms. The Balaban J connectivity index is 2.51. The van der Waals surface area contributed by atoms with Crippen molar-refractivity contribution in [1.82, 2.24) is 4.98 Å². The van der Waals surface area contributed by atoms with Gasteiger partial charge in [-0.1, -0.05) is 4.40 Å². The molecule has 5 nitrogen and oxygen atoms in total. The summed E-state index contributed by atoms with van der Waals surface area (Å²) in [5.41, 5.74) is 0. The quantitative estimate of drug-likeness (QED) is 0.613. The Morgan fingerprint density at radius 2 is 2.16 bits per heavy atom. The first-order chi connectivity index (χ1) is 8.60. The first kappa shape index (κ1) is 16.6. The topological polar surface area (TPSA) is 82.4 Å². The Kier molecular flexibility index (Phi) is 5.54. The number of aromatic nitrogens is 1. The Hall–Kier alpha value is -0.440. The van der Waals surface area contributed by atoms with E-state index in [0.29, 0.717) is 12.8 Å². The number of sulfone groups is 1. The highest BCUT2D eigenvalue weighted by Crippen LogP contribution is 2.19. The van der Waals surface area contributed by atoms with E-state index in [-0.39, 0.29) is 9.09 Å². The summed E-state index contributed by atoms with van der Waals surface area (Å²) in [5.74, 6) is 0. The molecule has 0 aliphatic rings. The summed E-state index contributed by atoms with van der Waals surface area (Å²) in [6.07, 6.45) is 5.60. The van der Waals surface area contributed by atoms with Gasteiger partial charge in [0.2, 0.25) is 14.2 Å². The van der Waals surface area contributed by atoms with E-state index in [1.165, 1.54) is 11.3 Å². The average molecular weight is 322 g/mol.